The van der Waals surface area contributed by atoms with Crippen molar-refractivity contribution in [1.82, 2.24) is 4.90 Å². The molecule has 0 aliphatic carbocycles. The number of allylic oxidation sites excluding steroid dienone is 1. The molecule has 0 bridgehead atoms. The Hall–Kier alpha value is -2.22. The molecule has 0 aromatic heterocycles. The Morgan fingerprint density at radius 3 is 2.52 bits per heavy atom. The minimum absolute atomic E-state index is 0.154. The molecule has 3 aliphatic rings. The monoisotopic (exact) mass is 456 g/mol. The number of fused-ring (bicyclic) bond motifs is 1. The molecule has 7 nitrogen and oxygen atoms in total. The molecule has 1 unspecified atom stereocenters. The Morgan fingerprint density at radius 1 is 1.09 bits per heavy atom. The molecule has 1 aromatic carbocycles. The van der Waals surface area contributed by atoms with Crippen LogP contribution in [0.3, 0.4) is 0 Å². The lowest BCUT2D eigenvalue weighted by atomic mass is 9.90. The van der Waals surface area contributed by atoms with Gasteiger partial charge in [-0.05, 0) is 12.0 Å². The maximum absolute atomic E-state index is 12.8. The summed E-state index contributed by atoms with van der Waals surface area (Å²) in [5.74, 6) is 1.22. The number of aliphatic imine (C=N–C) groups is 1. The fourth-order valence-electron chi connectivity index (χ4n) is 4.99. The zero-order chi connectivity index (χ0) is 23.2. The van der Waals surface area contributed by atoms with Crippen molar-refractivity contribution >= 4 is 17.5 Å². The first-order valence-electron chi connectivity index (χ1n) is 12.4. The minimum atomic E-state index is -0.796. The molecule has 2 N–H and O–H groups in total. The summed E-state index contributed by atoms with van der Waals surface area (Å²) >= 11 is 0. The Kier molecular flexibility index (Phi) is 8.17. The molecule has 3 heterocycles. The number of aliphatic hydroxyl groups is 2. The zero-order valence-corrected chi connectivity index (χ0v) is 19.5. The summed E-state index contributed by atoms with van der Waals surface area (Å²) in [6.45, 7) is 2.34. The van der Waals surface area contributed by atoms with E-state index in [4.69, 9.17) is 9.47 Å². The fourth-order valence-corrected chi connectivity index (χ4v) is 4.99. The first-order chi connectivity index (χ1) is 16.1. The van der Waals surface area contributed by atoms with Crippen LogP contribution < -0.4 is 0 Å². The van der Waals surface area contributed by atoms with Crippen LogP contribution in [0.5, 0.6) is 0 Å². The lowest BCUT2D eigenvalue weighted by Gasteiger charge is -2.32. The molecule has 1 aromatic rings. The van der Waals surface area contributed by atoms with E-state index >= 15 is 0 Å². The van der Waals surface area contributed by atoms with Gasteiger partial charge in [0, 0.05) is 25.0 Å². The summed E-state index contributed by atoms with van der Waals surface area (Å²) in [5.41, 5.74) is 2.18. The molecule has 4 atom stereocenters. The van der Waals surface area contributed by atoms with Crippen LogP contribution in [-0.4, -0.2) is 58.6 Å². The highest BCUT2D eigenvalue weighted by Crippen LogP contribution is 2.41. The molecule has 0 spiro atoms. The second-order valence-corrected chi connectivity index (χ2v) is 9.23. The maximum atomic E-state index is 12.8. The molecule has 0 radical (unpaired) electrons. The number of amides is 2. The van der Waals surface area contributed by atoms with E-state index in [0.717, 1.165) is 36.2 Å². The van der Waals surface area contributed by atoms with Gasteiger partial charge in [-0.25, -0.2) is 4.79 Å². The highest BCUT2D eigenvalue weighted by Gasteiger charge is 2.45. The molecule has 1 saturated heterocycles. The van der Waals surface area contributed by atoms with Gasteiger partial charge in [0.25, 0.3) is 0 Å². The Balaban J connectivity index is 1.48. The van der Waals surface area contributed by atoms with Crippen LogP contribution in [0, 0.1) is 5.92 Å². The van der Waals surface area contributed by atoms with Crippen molar-refractivity contribution in [2.45, 2.75) is 83.1 Å². The standard InChI is InChI=1S/C26H36N2O5/c1-2-3-4-5-6-7-11-14-21-24(18-12-9-8-10-13-18)19-16-28(26(31)27-25(19)33-21)23-15-20(30)22(17-29)32-23/h8-10,12-13,19-20,22-23,29-30H,2-7,11,14-17H2,1H3/t19?,20-,22+,23+/m0/s1. The lowest BCUT2D eigenvalue weighted by Crippen LogP contribution is -2.47. The van der Waals surface area contributed by atoms with Crippen LogP contribution >= 0.6 is 0 Å². The average molecular weight is 457 g/mol. The predicted octanol–water partition coefficient (Wildman–Crippen LogP) is 4.49. The second kappa shape index (κ2) is 11.3. The molecule has 0 saturated carbocycles. The SMILES string of the molecule is CCCCCCCCCC1=C(c2ccccc2)C2CN([C@H]3C[C@H](O)[C@@H](CO)O3)C(=O)N=C2O1. The molecular weight excluding hydrogens is 420 g/mol. The van der Waals surface area contributed by atoms with Crippen molar-refractivity contribution in [2.24, 2.45) is 10.9 Å². The fraction of sp³-hybridized carbons (Fsp3) is 0.615. The molecule has 7 heteroatoms. The molecule has 3 aliphatic heterocycles. The van der Waals surface area contributed by atoms with E-state index < -0.39 is 24.5 Å². The Labute approximate surface area is 196 Å². The molecule has 2 amide bonds. The summed E-state index contributed by atoms with van der Waals surface area (Å²) in [5, 5.41) is 19.5. The van der Waals surface area contributed by atoms with E-state index in [1.807, 2.05) is 18.2 Å². The third-order valence-electron chi connectivity index (χ3n) is 6.83. The van der Waals surface area contributed by atoms with Crippen molar-refractivity contribution in [1.29, 1.82) is 0 Å². The van der Waals surface area contributed by atoms with Crippen LogP contribution in [0.4, 0.5) is 4.79 Å². The highest BCUT2D eigenvalue weighted by molar-refractivity contribution is 6.04. The van der Waals surface area contributed by atoms with E-state index in [-0.39, 0.29) is 18.9 Å². The van der Waals surface area contributed by atoms with Gasteiger partial charge in [-0.1, -0.05) is 75.8 Å². The van der Waals surface area contributed by atoms with Gasteiger partial charge in [-0.15, -0.1) is 0 Å². The number of ether oxygens (including phenoxy) is 2. The van der Waals surface area contributed by atoms with Crippen molar-refractivity contribution in [3.63, 3.8) is 0 Å². The average Bonchev–Trinajstić information content (AvgIpc) is 3.37. The number of rotatable bonds is 11. The second-order valence-electron chi connectivity index (χ2n) is 9.23. The third kappa shape index (κ3) is 5.48. The maximum Gasteiger partial charge on any atom is 0.348 e. The number of carbonyl (C=O) groups excluding carboxylic acids is 1. The van der Waals surface area contributed by atoms with Gasteiger partial charge in [0.2, 0.25) is 5.90 Å². The Bertz CT molecular complexity index is 869. The number of urea groups is 1. The van der Waals surface area contributed by atoms with Crippen LogP contribution in [0.15, 0.2) is 41.1 Å². The van der Waals surface area contributed by atoms with Crippen molar-refractivity contribution < 1.29 is 24.5 Å². The van der Waals surface area contributed by atoms with Crippen LogP contribution in [-0.2, 0) is 9.47 Å². The first-order valence-corrected chi connectivity index (χ1v) is 12.4. The largest absolute Gasteiger partial charge is 0.446 e. The third-order valence-corrected chi connectivity index (χ3v) is 6.83. The van der Waals surface area contributed by atoms with E-state index in [2.05, 4.69) is 24.0 Å². The van der Waals surface area contributed by atoms with Crippen molar-refractivity contribution in [2.75, 3.05) is 13.2 Å². The van der Waals surface area contributed by atoms with E-state index in [9.17, 15) is 15.0 Å². The molecule has 33 heavy (non-hydrogen) atoms. The van der Waals surface area contributed by atoms with Crippen LogP contribution in [0.25, 0.3) is 5.57 Å². The normalized spacial score (nSPS) is 27.1. The van der Waals surface area contributed by atoms with E-state index in [1.54, 1.807) is 4.90 Å². The smallest absolute Gasteiger partial charge is 0.348 e. The minimum Gasteiger partial charge on any atom is -0.446 e. The molecule has 1 fully saturated rings. The molecule has 4 rings (SSSR count). The summed E-state index contributed by atoms with van der Waals surface area (Å²) in [6.07, 6.45) is 7.61. The predicted molar refractivity (Wildman–Crippen MR) is 126 cm³/mol. The number of nitrogens with zero attached hydrogens (tertiary/aromatic N) is 2. The van der Waals surface area contributed by atoms with Gasteiger partial charge >= 0.3 is 6.03 Å². The van der Waals surface area contributed by atoms with Gasteiger partial charge < -0.3 is 19.7 Å². The van der Waals surface area contributed by atoms with Crippen molar-refractivity contribution in [3.8, 4) is 0 Å². The highest BCUT2D eigenvalue weighted by atomic mass is 16.5. The van der Waals surface area contributed by atoms with Crippen LogP contribution in [0.2, 0.25) is 0 Å². The zero-order valence-electron chi connectivity index (χ0n) is 19.5. The molecular formula is C26H36N2O5. The number of benzene rings is 1. The Morgan fingerprint density at radius 2 is 1.82 bits per heavy atom. The summed E-state index contributed by atoms with van der Waals surface area (Å²) in [4.78, 5) is 18.6. The van der Waals surface area contributed by atoms with Gasteiger partial charge in [0.15, 0.2) is 0 Å². The van der Waals surface area contributed by atoms with E-state index in [1.165, 1.54) is 32.1 Å². The number of carbonyl (C=O) groups is 1. The van der Waals surface area contributed by atoms with Crippen LogP contribution in [0.1, 0.15) is 70.3 Å². The topological polar surface area (TPSA) is 91.6 Å². The number of hydrogen-bond acceptors (Lipinski definition) is 5. The summed E-state index contributed by atoms with van der Waals surface area (Å²) in [6, 6.07) is 9.75. The summed E-state index contributed by atoms with van der Waals surface area (Å²) < 4.78 is 11.9. The van der Waals surface area contributed by atoms with Gasteiger partial charge in [0.1, 0.15) is 18.1 Å². The first kappa shape index (κ1) is 23.9. The lowest BCUT2D eigenvalue weighted by molar-refractivity contribution is -0.0646. The van der Waals surface area contributed by atoms with Crippen molar-refractivity contribution in [3.05, 3.63) is 41.7 Å². The summed E-state index contributed by atoms with van der Waals surface area (Å²) in [7, 11) is 0. The van der Waals surface area contributed by atoms with Gasteiger partial charge in [-0.2, -0.15) is 4.99 Å². The van der Waals surface area contributed by atoms with E-state index in [0.29, 0.717) is 12.4 Å². The molecule has 180 valence electrons. The number of hydrogen-bond donors (Lipinski definition) is 2. The van der Waals surface area contributed by atoms with Gasteiger partial charge in [-0.3, -0.25) is 4.90 Å². The number of unbranched alkanes of at least 4 members (excludes halogenated alkanes) is 6. The number of aliphatic hydroxyl groups excluding tert-OH is 2. The quantitative estimate of drug-likeness (QED) is 0.479. The van der Waals surface area contributed by atoms with Gasteiger partial charge in [0.05, 0.1) is 18.6 Å².